The average molecular weight is 526 g/mol. The van der Waals surface area contributed by atoms with Gasteiger partial charge >= 0.3 is 5.97 Å². The van der Waals surface area contributed by atoms with Gasteiger partial charge in [0.05, 0.1) is 30.5 Å². The summed E-state index contributed by atoms with van der Waals surface area (Å²) in [6.07, 6.45) is -2.38. The van der Waals surface area contributed by atoms with Crippen LogP contribution in [0.5, 0.6) is 0 Å². The third-order valence-electron chi connectivity index (χ3n) is 11.8. The second kappa shape index (κ2) is 8.33. The Hall–Kier alpha value is -0.850. The van der Waals surface area contributed by atoms with Gasteiger partial charge in [0.25, 0.3) is 0 Å². The first-order valence-corrected chi connectivity index (χ1v) is 13.7. The number of esters is 1. The highest BCUT2D eigenvalue weighted by molar-refractivity contribution is 5.67. The number of aliphatic hydroxyl groups is 3. The quantitative estimate of drug-likeness (QED) is 0.385. The monoisotopic (exact) mass is 525 g/mol. The molecule has 210 valence electrons. The van der Waals surface area contributed by atoms with Gasteiger partial charge in [-0.1, -0.05) is 6.92 Å². The number of methoxy groups -OCH3 is 4. The largest absolute Gasteiger partial charge is 0.456 e. The number of piperidine rings is 1. The van der Waals surface area contributed by atoms with Crippen LogP contribution in [0.2, 0.25) is 0 Å². The number of hydrogen-bond donors (Lipinski definition) is 3. The molecule has 10 nitrogen and oxygen atoms in total. The highest BCUT2D eigenvalue weighted by Gasteiger charge is 2.90. The molecule has 6 fully saturated rings. The molecular formula is C27H43NO9. The van der Waals surface area contributed by atoms with Gasteiger partial charge in [-0.15, -0.1) is 0 Å². The molecule has 0 aromatic carbocycles. The minimum atomic E-state index is -1.31. The van der Waals surface area contributed by atoms with Crippen molar-refractivity contribution in [1.82, 2.24) is 4.90 Å². The number of aliphatic hydroxyl groups excluding tert-OH is 2. The first kappa shape index (κ1) is 26.4. The summed E-state index contributed by atoms with van der Waals surface area (Å²) >= 11 is 0. The minimum Gasteiger partial charge on any atom is -0.456 e. The second-order valence-corrected chi connectivity index (χ2v) is 12.6. The van der Waals surface area contributed by atoms with Gasteiger partial charge in [0.1, 0.15) is 12.2 Å². The predicted molar refractivity (Wildman–Crippen MR) is 129 cm³/mol. The van der Waals surface area contributed by atoms with E-state index in [4.69, 9.17) is 23.7 Å². The van der Waals surface area contributed by atoms with Crippen LogP contribution in [0.1, 0.15) is 33.1 Å². The Balaban J connectivity index is 1.69. The molecule has 5 aliphatic carbocycles. The molecule has 0 radical (unpaired) electrons. The molecule has 0 amide bonds. The fraction of sp³-hybridized carbons (Fsp3) is 0.963. The molecule has 1 saturated heterocycles. The molecule has 0 aromatic rings. The Kier molecular flexibility index (Phi) is 5.94. The van der Waals surface area contributed by atoms with Crippen LogP contribution in [-0.2, 0) is 28.5 Å². The predicted octanol–water partition coefficient (Wildman–Crippen LogP) is -0.187. The third-order valence-corrected chi connectivity index (χ3v) is 11.8. The van der Waals surface area contributed by atoms with Crippen molar-refractivity contribution in [3.8, 4) is 0 Å². The fourth-order valence-corrected chi connectivity index (χ4v) is 11.4. The Labute approximate surface area is 218 Å². The molecule has 10 heteroatoms. The van der Waals surface area contributed by atoms with E-state index in [0.717, 1.165) is 0 Å². The van der Waals surface area contributed by atoms with Gasteiger partial charge in [0.15, 0.2) is 5.60 Å². The van der Waals surface area contributed by atoms with Crippen LogP contribution in [0.15, 0.2) is 0 Å². The van der Waals surface area contributed by atoms with Crippen molar-refractivity contribution in [3.63, 3.8) is 0 Å². The molecule has 7 bridgehead atoms. The topological polar surface area (TPSA) is 127 Å². The van der Waals surface area contributed by atoms with Crippen molar-refractivity contribution in [2.75, 3.05) is 48.1 Å². The lowest BCUT2D eigenvalue weighted by atomic mass is 9.42. The first-order valence-electron chi connectivity index (χ1n) is 13.7. The molecule has 37 heavy (non-hydrogen) atoms. The van der Waals surface area contributed by atoms with E-state index >= 15 is 0 Å². The SMILES string of the molecule is CCN1C[C@@]2(COC)[C@@H](O)C[C@H](OC)[C@@]34[C@@H]1[C@@H]([C@@H](OC)[C@@H]23)[C@]1(OC(C)=O)[C@H](O)[C@@H](OC)[C@@]2(O)C[C@@H]1[C@@H]4C2. The first-order chi connectivity index (χ1) is 17.6. The fourth-order valence-electron chi connectivity index (χ4n) is 11.4. The average Bonchev–Trinajstić information content (AvgIpc) is 3.29. The maximum Gasteiger partial charge on any atom is 0.303 e. The van der Waals surface area contributed by atoms with Crippen LogP contribution in [0.3, 0.4) is 0 Å². The normalized spacial score (nSPS) is 57.4. The number of carbonyl (C=O) groups is 1. The van der Waals surface area contributed by atoms with Crippen molar-refractivity contribution in [3.05, 3.63) is 0 Å². The van der Waals surface area contributed by atoms with Crippen LogP contribution in [0.4, 0.5) is 0 Å². The van der Waals surface area contributed by atoms with Crippen LogP contribution in [0, 0.1) is 34.5 Å². The molecule has 1 heterocycles. The zero-order chi connectivity index (χ0) is 26.7. The number of ether oxygens (including phenoxy) is 5. The molecular weight excluding hydrogens is 482 g/mol. The Morgan fingerprint density at radius 2 is 1.76 bits per heavy atom. The van der Waals surface area contributed by atoms with Crippen LogP contribution in [-0.4, -0.2) is 122 Å². The number of fused-ring (bicyclic) bond motifs is 2. The smallest absolute Gasteiger partial charge is 0.303 e. The number of likely N-dealkylation sites (tertiary alicyclic amines) is 1. The Morgan fingerprint density at radius 1 is 1.05 bits per heavy atom. The molecule has 0 unspecified atom stereocenters. The summed E-state index contributed by atoms with van der Waals surface area (Å²) in [6, 6.07) is -0.150. The van der Waals surface area contributed by atoms with Gasteiger partial charge in [-0.25, -0.2) is 0 Å². The maximum atomic E-state index is 12.8. The molecule has 5 saturated carbocycles. The van der Waals surface area contributed by atoms with Crippen LogP contribution >= 0.6 is 0 Å². The zero-order valence-corrected chi connectivity index (χ0v) is 22.8. The Bertz CT molecular complexity index is 951. The minimum absolute atomic E-state index is 0.150. The number of hydrogen-bond acceptors (Lipinski definition) is 10. The second-order valence-electron chi connectivity index (χ2n) is 12.6. The van der Waals surface area contributed by atoms with Gasteiger partial charge in [-0.3, -0.25) is 9.69 Å². The number of rotatable bonds is 7. The van der Waals surface area contributed by atoms with E-state index in [2.05, 4.69) is 11.8 Å². The Morgan fingerprint density at radius 3 is 2.32 bits per heavy atom. The highest BCUT2D eigenvalue weighted by atomic mass is 16.6. The molecule has 1 spiro atoms. The van der Waals surface area contributed by atoms with Crippen molar-refractivity contribution < 1.29 is 43.8 Å². The lowest BCUT2D eigenvalue weighted by molar-refractivity contribution is -0.306. The van der Waals surface area contributed by atoms with E-state index in [0.29, 0.717) is 39.0 Å². The van der Waals surface area contributed by atoms with Gasteiger partial charge < -0.3 is 39.0 Å². The van der Waals surface area contributed by atoms with Crippen molar-refractivity contribution in [1.29, 1.82) is 0 Å². The van der Waals surface area contributed by atoms with Gasteiger partial charge in [-0.2, -0.15) is 0 Å². The number of nitrogens with zero attached hydrogens (tertiary/aromatic N) is 1. The highest BCUT2D eigenvalue weighted by Crippen LogP contribution is 2.80. The van der Waals surface area contributed by atoms with Gasteiger partial charge in [0.2, 0.25) is 0 Å². The van der Waals surface area contributed by atoms with Crippen molar-refractivity contribution in [2.45, 2.75) is 80.9 Å². The van der Waals surface area contributed by atoms with E-state index in [-0.39, 0.29) is 29.9 Å². The summed E-state index contributed by atoms with van der Waals surface area (Å²) < 4.78 is 30.6. The van der Waals surface area contributed by atoms with E-state index in [1.165, 1.54) is 14.0 Å². The summed E-state index contributed by atoms with van der Waals surface area (Å²) in [5, 5.41) is 35.8. The summed E-state index contributed by atoms with van der Waals surface area (Å²) in [5.74, 6) is -1.53. The molecule has 6 aliphatic rings. The van der Waals surface area contributed by atoms with Crippen molar-refractivity contribution >= 4 is 5.97 Å². The van der Waals surface area contributed by atoms with Crippen molar-refractivity contribution in [2.24, 2.45) is 34.5 Å². The number of carbonyl (C=O) groups excluding carboxylic acids is 1. The van der Waals surface area contributed by atoms with Gasteiger partial charge in [0, 0.05) is 83.0 Å². The zero-order valence-electron chi connectivity index (χ0n) is 22.8. The summed E-state index contributed by atoms with van der Waals surface area (Å²) in [6.45, 7) is 5.12. The van der Waals surface area contributed by atoms with Crippen LogP contribution in [0.25, 0.3) is 0 Å². The molecule has 14 atom stereocenters. The van der Waals surface area contributed by atoms with Crippen LogP contribution < -0.4 is 0 Å². The lowest BCUT2D eigenvalue weighted by Gasteiger charge is -2.70. The summed E-state index contributed by atoms with van der Waals surface area (Å²) in [7, 11) is 6.54. The third kappa shape index (κ3) is 2.72. The molecule has 3 N–H and O–H groups in total. The van der Waals surface area contributed by atoms with Gasteiger partial charge in [-0.05, 0) is 25.3 Å². The molecule has 1 aliphatic heterocycles. The van der Waals surface area contributed by atoms with E-state index < -0.39 is 58.3 Å². The standard InChI is InChI=1S/C27H43NO9/c1-7-28-11-24(12-33-3)16(30)8-17(34-4)26-14-9-25(32)10-15(14)27(37-13(2)29,22(31)23(25)36-6)18(21(26)28)19(35-5)20(24)26/h14-23,30-32H,7-12H2,1-6H3/t14-,15+,16-,17-,18+,19+,20-,21-,22+,23+,24+,25-,26+,27-/m0/s1. The summed E-state index contributed by atoms with van der Waals surface area (Å²) in [5.41, 5.74) is -3.73. The van der Waals surface area contributed by atoms with E-state index in [1.54, 1.807) is 21.3 Å². The summed E-state index contributed by atoms with van der Waals surface area (Å²) in [4.78, 5) is 15.2. The lowest BCUT2D eigenvalue weighted by Crippen LogP contribution is -2.79. The molecule has 6 rings (SSSR count). The molecule has 0 aromatic heterocycles. The maximum absolute atomic E-state index is 12.8. The van der Waals surface area contributed by atoms with E-state index in [1.807, 2.05) is 0 Å². The van der Waals surface area contributed by atoms with E-state index in [9.17, 15) is 20.1 Å².